The van der Waals surface area contributed by atoms with Gasteiger partial charge in [0.05, 0.1) is 33.7 Å². The molecule has 0 aliphatic carbocycles. The van der Waals surface area contributed by atoms with Crippen molar-refractivity contribution < 1.29 is 14.2 Å². The predicted octanol–water partition coefficient (Wildman–Crippen LogP) is 2.67. The van der Waals surface area contributed by atoms with Crippen molar-refractivity contribution >= 4 is 12.2 Å². The van der Waals surface area contributed by atoms with Gasteiger partial charge >= 0.3 is 0 Å². The SMILES string of the molecule is COc1ccc(C=Cc2ccnnc2)c(OC)c1OC. The van der Waals surface area contributed by atoms with Gasteiger partial charge in [0.25, 0.3) is 0 Å². The first kappa shape index (κ1) is 13.9. The summed E-state index contributed by atoms with van der Waals surface area (Å²) >= 11 is 0. The molecule has 1 aromatic heterocycles. The lowest BCUT2D eigenvalue weighted by Gasteiger charge is -2.13. The molecule has 2 rings (SSSR count). The van der Waals surface area contributed by atoms with Gasteiger partial charge in [-0.3, -0.25) is 0 Å². The molecule has 0 bridgehead atoms. The number of nitrogens with zero attached hydrogens (tertiary/aromatic N) is 2. The number of hydrogen-bond acceptors (Lipinski definition) is 5. The molecule has 0 saturated heterocycles. The summed E-state index contributed by atoms with van der Waals surface area (Å²) in [7, 11) is 4.78. The fourth-order valence-corrected chi connectivity index (χ4v) is 1.84. The molecule has 1 aromatic carbocycles. The molecular formula is C15H16N2O3. The molecule has 1 heterocycles. The van der Waals surface area contributed by atoms with Gasteiger partial charge < -0.3 is 14.2 Å². The van der Waals surface area contributed by atoms with Crippen molar-refractivity contribution in [3.05, 3.63) is 41.7 Å². The maximum absolute atomic E-state index is 5.41. The molecule has 5 nitrogen and oxygen atoms in total. The van der Waals surface area contributed by atoms with Crippen molar-refractivity contribution in [3.63, 3.8) is 0 Å². The van der Waals surface area contributed by atoms with E-state index in [0.29, 0.717) is 17.2 Å². The number of benzene rings is 1. The van der Waals surface area contributed by atoms with Crippen LogP contribution in [0, 0.1) is 0 Å². The van der Waals surface area contributed by atoms with Crippen molar-refractivity contribution in [3.8, 4) is 17.2 Å². The van der Waals surface area contributed by atoms with E-state index in [1.54, 1.807) is 33.7 Å². The maximum Gasteiger partial charge on any atom is 0.203 e. The van der Waals surface area contributed by atoms with Crippen LogP contribution in [0.4, 0.5) is 0 Å². The number of hydrogen-bond donors (Lipinski definition) is 0. The summed E-state index contributed by atoms with van der Waals surface area (Å²) in [5, 5.41) is 7.56. The first-order valence-corrected chi connectivity index (χ1v) is 6.04. The molecule has 0 amide bonds. The van der Waals surface area contributed by atoms with E-state index in [1.807, 2.05) is 30.4 Å². The van der Waals surface area contributed by atoms with Crippen LogP contribution in [0.25, 0.3) is 12.2 Å². The van der Waals surface area contributed by atoms with Crippen LogP contribution < -0.4 is 14.2 Å². The molecule has 0 fully saturated rings. The van der Waals surface area contributed by atoms with Crippen molar-refractivity contribution in [2.24, 2.45) is 0 Å². The Morgan fingerprint density at radius 3 is 2.25 bits per heavy atom. The number of methoxy groups -OCH3 is 3. The van der Waals surface area contributed by atoms with Gasteiger partial charge in [-0.05, 0) is 23.8 Å². The van der Waals surface area contributed by atoms with Crippen LogP contribution in [0.15, 0.2) is 30.6 Å². The van der Waals surface area contributed by atoms with E-state index in [0.717, 1.165) is 11.1 Å². The van der Waals surface area contributed by atoms with Gasteiger partial charge in [0, 0.05) is 5.56 Å². The molecule has 0 spiro atoms. The van der Waals surface area contributed by atoms with Gasteiger partial charge in [0.1, 0.15) is 0 Å². The molecule has 0 aliphatic rings. The highest BCUT2D eigenvalue weighted by Crippen LogP contribution is 2.40. The van der Waals surface area contributed by atoms with Gasteiger partial charge in [-0.2, -0.15) is 10.2 Å². The third kappa shape index (κ3) is 2.88. The standard InChI is InChI=1S/C15H16N2O3/c1-18-13-7-6-12(14(19-2)15(13)20-3)5-4-11-8-9-16-17-10-11/h4-10H,1-3H3. The Labute approximate surface area is 117 Å². The molecule has 104 valence electrons. The highest BCUT2D eigenvalue weighted by Gasteiger charge is 2.13. The summed E-state index contributed by atoms with van der Waals surface area (Å²) in [6.45, 7) is 0. The van der Waals surface area contributed by atoms with Crippen molar-refractivity contribution in [1.82, 2.24) is 10.2 Å². The van der Waals surface area contributed by atoms with Crippen molar-refractivity contribution in [1.29, 1.82) is 0 Å². The second kappa shape index (κ2) is 6.56. The third-order valence-corrected chi connectivity index (χ3v) is 2.80. The largest absolute Gasteiger partial charge is 0.493 e. The van der Waals surface area contributed by atoms with Crippen LogP contribution in [-0.2, 0) is 0 Å². The minimum absolute atomic E-state index is 0.574. The summed E-state index contributed by atoms with van der Waals surface area (Å²) in [5.74, 6) is 1.84. The van der Waals surface area contributed by atoms with Gasteiger partial charge in [0.15, 0.2) is 11.5 Å². The van der Waals surface area contributed by atoms with Gasteiger partial charge in [-0.25, -0.2) is 0 Å². The maximum atomic E-state index is 5.41. The zero-order valence-corrected chi connectivity index (χ0v) is 11.7. The molecule has 0 aliphatic heterocycles. The Balaban J connectivity index is 2.39. The lowest BCUT2D eigenvalue weighted by molar-refractivity contribution is 0.324. The predicted molar refractivity (Wildman–Crippen MR) is 77.1 cm³/mol. The van der Waals surface area contributed by atoms with Gasteiger partial charge in [0.2, 0.25) is 5.75 Å². The van der Waals surface area contributed by atoms with E-state index in [2.05, 4.69) is 10.2 Å². The molecule has 0 saturated carbocycles. The van der Waals surface area contributed by atoms with Crippen LogP contribution in [0.3, 0.4) is 0 Å². The lowest BCUT2D eigenvalue weighted by Crippen LogP contribution is -1.96. The lowest BCUT2D eigenvalue weighted by atomic mass is 10.1. The van der Waals surface area contributed by atoms with Crippen LogP contribution in [0.2, 0.25) is 0 Å². The average molecular weight is 272 g/mol. The van der Waals surface area contributed by atoms with Crippen LogP contribution in [0.1, 0.15) is 11.1 Å². The summed E-state index contributed by atoms with van der Waals surface area (Å²) < 4.78 is 16.0. The summed E-state index contributed by atoms with van der Waals surface area (Å²) in [6.07, 6.45) is 7.19. The topological polar surface area (TPSA) is 53.5 Å². The van der Waals surface area contributed by atoms with E-state index in [1.165, 1.54) is 0 Å². The highest BCUT2D eigenvalue weighted by atomic mass is 16.5. The zero-order chi connectivity index (χ0) is 14.4. The first-order valence-electron chi connectivity index (χ1n) is 6.04. The minimum atomic E-state index is 0.574. The number of rotatable bonds is 5. The van der Waals surface area contributed by atoms with E-state index in [4.69, 9.17) is 14.2 Å². The summed E-state index contributed by atoms with van der Waals surface area (Å²) in [4.78, 5) is 0. The van der Waals surface area contributed by atoms with Crippen LogP contribution >= 0.6 is 0 Å². The Hall–Kier alpha value is -2.56. The molecule has 20 heavy (non-hydrogen) atoms. The highest BCUT2D eigenvalue weighted by molar-refractivity contribution is 5.75. The molecule has 0 atom stereocenters. The smallest absolute Gasteiger partial charge is 0.203 e. The Morgan fingerprint density at radius 1 is 0.850 bits per heavy atom. The van der Waals surface area contributed by atoms with Crippen LogP contribution in [0.5, 0.6) is 17.2 Å². The third-order valence-electron chi connectivity index (χ3n) is 2.80. The zero-order valence-electron chi connectivity index (χ0n) is 11.7. The van der Waals surface area contributed by atoms with Gasteiger partial charge in [-0.15, -0.1) is 0 Å². The normalized spacial score (nSPS) is 10.6. The Morgan fingerprint density at radius 2 is 1.65 bits per heavy atom. The average Bonchev–Trinajstić information content (AvgIpc) is 2.52. The van der Waals surface area contributed by atoms with E-state index in [-0.39, 0.29) is 0 Å². The second-order valence-corrected chi connectivity index (χ2v) is 3.93. The van der Waals surface area contributed by atoms with E-state index in [9.17, 15) is 0 Å². The molecule has 0 unspecified atom stereocenters. The second-order valence-electron chi connectivity index (χ2n) is 3.93. The number of ether oxygens (including phenoxy) is 3. The van der Waals surface area contributed by atoms with E-state index >= 15 is 0 Å². The molecule has 0 radical (unpaired) electrons. The summed E-state index contributed by atoms with van der Waals surface area (Å²) in [5.41, 5.74) is 1.85. The quantitative estimate of drug-likeness (QED) is 0.837. The monoisotopic (exact) mass is 272 g/mol. The van der Waals surface area contributed by atoms with Crippen LogP contribution in [-0.4, -0.2) is 31.5 Å². The minimum Gasteiger partial charge on any atom is -0.493 e. The fraction of sp³-hybridized carbons (Fsp3) is 0.200. The summed E-state index contributed by atoms with van der Waals surface area (Å²) in [6, 6.07) is 5.62. The Kier molecular flexibility index (Phi) is 4.55. The Bertz CT molecular complexity index is 598. The van der Waals surface area contributed by atoms with Crippen molar-refractivity contribution in [2.45, 2.75) is 0 Å². The molecule has 0 N–H and O–H groups in total. The molecular weight excluding hydrogens is 256 g/mol. The van der Waals surface area contributed by atoms with Gasteiger partial charge in [-0.1, -0.05) is 12.2 Å². The molecule has 2 aromatic rings. The first-order chi connectivity index (χ1) is 9.80. The number of aromatic nitrogens is 2. The molecule has 5 heteroatoms. The van der Waals surface area contributed by atoms with E-state index < -0.39 is 0 Å². The fourth-order valence-electron chi connectivity index (χ4n) is 1.84. The van der Waals surface area contributed by atoms with Crippen molar-refractivity contribution in [2.75, 3.05) is 21.3 Å².